The van der Waals surface area contributed by atoms with Crippen LogP contribution < -0.4 is 25.4 Å². The molecule has 8 heteroatoms. The fourth-order valence-corrected chi connectivity index (χ4v) is 2.99. The van der Waals surface area contributed by atoms with E-state index in [0.717, 1.165) is 19.3 Å². The Morgan fingerprint density at radius 3 is 2.30 bits per heavy atom. The number of amides is 3. The van der Waals surface area contributed by atoms with Crippen LogP contribution in [-0.4, -0.2) is 31.2 Å². The van der Waals surface area contributed by atoms with Crippen molar-refractivity contribution in [3.8, 4) is 11.5 Å². The van der Waals surface area contributed by atoms with Crippen LogP contribution >= 0.6 is 11.6 Å². The molecule has 2 aromatic rings. The molecule has 3 N–H and O–H groups in total. The highest BCUT2D eigenvalue weighted by atomic mass is 35.5. The Morgan fingerprint density at radius 1 is 1.03 bits per heavy atom. The Hall–Kier alpha value is -2.93. The number of anilines is 2. The zero-order valence-electron chi connectivity index (χ0n) is 17.1. The molecule has 7 nitrogen and oxygen atoms in total. The van der Waals surface area contributed by atoms with Gasteiger partial charge in [0.1, 0.15) is 0 Å². The first-order chi connectivity index (χ1) is 14.5. The van der Waals surface area contributed by atoms with Crippen molar-refractivity contribution in [1.82, 2.24) is 5.32 Å². The van der Waals surface area contributed by atoms with E-state index in [2.05, 4.69) is 16.0 Å². The molecule has 0 unspecified atom stereocenters. The fraction of sp³-hybridized carbons (Fsp3) is 0.364. The van der Waals surface area contributed by atoms with Crippen LogP contribution in [0.2, 0.25) is 5.02 Å². The monoisotopic (exact) mass is 431 g/mol. The number of rotatable bonds is 9. The van der Waals surface area contributed by atoms with Crippen LogP contribution in [0.1, 0.15) is 43.5 Å². The molecule has 3 rings (SSSR count). The standard InChI is InChI=1S/C22H26ClN3O4/c1-3-11-30-20-18(23)12-14(13-19(20)29-4-2)21(27)24-15-5-7-16(8-6-15)25-22(28)26-17-9-10-17/h5-8,12-13,17H,3-4,9-11H2,1-2H3,(H,24,27)(H2,25,26,28). The van der Waals surface area contributed by atoms with Crippen molar-refractivity contribution in [2.24, 2.45) is 0 Å². The second-order valence-electron chi connectivity index (χ2n) is 6.97. The summed E-state index contributed by atoms with van der Waals surface area (Å²) in [4.78, 5) is 24.5. The van der Waals surface area contributed by atoms with Crippen LogP contribution in [0.25, 0.3) is 0 Å². The van der Waals surface area contributed by atoms with Gasteiger partial charge in [-0.05, 0) is 62.6 Å². The van der Waals surface area contributed by atoms with Crippen LogP contribution in [0.15, 0.2) is 36.4 Å². The van der Waals surface area contributed by atoms with Gasteiger partial charge in [0.15, 0.2) is 11.5 Å². The number of carbonyl (C=O) groups excluding carboxylic acids is 2. The van der Waals surface area contributed by atoms with Gasteiger partial charge < -0.3 is 25.4 Å². The third-order valence-electron chi connectivity index (χ3n) is 4.34. The molecule has 1 aliphatic carbocycles. The van der Waals surface area contributed by atoms with E-state index in [1.165, 1.54) is 0 Å². The summed E-state index contributed by atoms with van der Waals surface area (Å²) in [5.74, 6) is 0.550. The number of urea groups is 1. The highest BCUT2D eigenvalue weighted by Gasteiger charge is 2.23. The minimum Gasteiger partial charge on any atom is -0.490 e. The molecule has 1 saturated carbocycles. The second-order valence-corrected chi connectivity index (χ2v) is 7.38. The van der Waals surface area contributed by atoms with E-state index < -0.39 is 0 Å². The topological polar surface area (TPSA) is 88.7 Å². The maximum absolute atomic E-state index is 12.7. The molecular weight excluding hydrogens is 406 g/mol. The van der Waals surface area contributed by atoms with Crippen LogP contribution in [0.5, 0.6) is 11.5 Å². The molecule has 0 aromatic heterocycles. The van der Waals surface area contributed by atoms with Gasteiger partial charge >= 0.3 is 6.03 Å². The lowest BCUT2D eigenvalue weighted by molar-refractivity contribution is 0.102. The average molecular weight is 432 g/mol. The molecule has 3 amide bonds. The maximum atomic E-state index is 12.7. The Bertz CT molecular complexity index is 898. The highest BCUT2D eigenvalue weighted by Crippen LogP contribution is 2.37. The molecule has 160 valence electrons. The third kappa shape index (κ3) is 6.03. The lowest BCUT2D eigenvalue weighted by atomic mass is 10.1. The van der Waals surface area contributed by atoms with Gasteiger partial charge in [0.25, 0.3) is 5.91 Å². The molecule has 0 radical (unpaired) electrons. The van der Waals surface area contributed by atoms with E-state index in [9.17, 15) is 9.59 Å². The molecule has 0 aliphatic heterocycles. The summed E-state index contributed by atoms with van der Waals surface area (Å²) in [6.45, 7) is 4.78. The number of hydrogen-bond acceptors (Lipinski definition) is 4. The van der Waals surface area contributed by atoms with Crippen molar-refractivity contribution >= 4 is 34.9 Å². The normalized spacial score (nSPS) is 12.8. The van der Waals surface area contributed by atoms with Gasteiger partial charge in [-0.15, -0.1) is 0 Å². The Morgan fingerprint density at radius 2 is 1.70 bits per heavy atom. The molecule has 0 saturated heterocycles. The van der Waals surface area contributed by atoms with Gasteiger partial charge in [0.05, 0.1) is 18.2 Å². The predicted octanol–water partition coefficient (Wildman–Crippen LogP) is 5.06. The summed E-state index contributed by atoms with van der Waals surface area (Å²) < 4.78 is 11.3. The van der Waals surface area contributed by atoms with Crippen molar-refractivity contribution in [2.45, 2.75) is 39.2 Å². The smallest absolute Gasteiger partial charge is 0.319 e. The van der Waals surface area contributed by atoms with Crippen molar-refractivity contribution in [3.63, 3.8) is 0 Å². The summed E-state index contributed by atoms with van der Waals surface area (Å²) >= 11 is 6.33. The quantitative estimate of drug-likeness (QED) is 0.517. The summed E-state index contributed by atoms with van der Waals surface area (Å²) in [7, 11) is 0. The maximum Gasteiger partial charge on any atom is 0.319 e. The molecule has 1 fully saturated rings. The van der Waals surface area contributed by atoms with E-state index in [4.69, 9.17) is 21.1 Å². The van der Waals surface area contributed by atoms with E-state index >= 15 is 0 Å². The van der Waals surface area contributed by atoms with E-state index in [-0.39, 0.29) is 18.0 Å². The minimum absolute atomic E-state index is 0.224. The van der Waals surface area contributed by atoms with Crippen LogP contribution in [0.3, 0.4) is 0 Å². The average Bonchev–Trinajstić information content (AvgIpc) is 3.52. The molecular formula is C22H26ClN3O4. The van der Waals surface area contributed by atoms with Crippen molar-refractivity contribution in [3.05, 3.63) is 47.0 Å². The number of nitrogens with one attached hydrogen (secondary N) is 3. The first-order valence-corrected chi connectivity index (χ1v) is 10.5. The number of halogens is 1. The Balaban J connectivity index is 1.66. The number of benzene rings is 2. The summed E-state index contributed by atoms with van der Waals surface area (Å²) in [6, 6.07) is 10.1. The van der Waals surface area contributed by atoms with Crippen molar-refractivity contribution in [2.75, 3.05) is 23.8 Å². The van der Waals surface area contributed by atoms with Crippen LogP contribution in [0, 0.1) is 0 Å². The summed E-state index contributed by atoms with van der Waals surface area (Å²) in [6.07, 6.45) is 2.88. The Labute approximate surface area is 181 Å². The second kappa shape index (κ2) is 10.2. The van der Waals surface area contributed by atoms with E-state index in [0.29, 0.717) is 46.7 Å². The molecule has 0 spiro atoms. The number of carbonyl (C=O) groups is 2. The van der Waals surface area contributed by atoms with Gasteiger partial charge in [-0.25, -0.2) is 4.79 Å². The largest absolute Gasteiger partial charge is 0.490 e. The lowest BCUT2D eigenvalue weighted by Gasteiger charge is -2.15. The molecule has 0 heterocycles. The van der Waals surface area contributed by atoms with E-state index in [1.807, 2.05) is 13.8 Å². The minimum atomic E-state index is -0.327. The van der Waals surface area contributed by atoms with Crippen molar-refractivity contribution < 1.29 is 19.1 Å². The van der Waals surface area contributed by atoms with Gasteiger partial charge in [-0.2, -0.15) is 0 Å². The molecule has 0 bridgehead atoms. The predicted molar refractivity (Wildman–Crippen MR) is 118 cm³/mol. The SMILES string of the molecule is CCCOc1c(Cl)cc(C(=O)Nc2ccc(NC(=O)NC3CC3)cc2)cc1OCC. The van der Waals surface area contributed by atoms with Gasteiger partial charge in [-0.1, -0.05) is 18.5 Å². The first-order valence-electron chi connectivity index (χ1n) is 10.1. The third-order valence-corrected chi connectivity index (χ3v) is 4.62. The molecule has 2 aromatic carbocycles. The molecule has 30 heavy (non-hydrogen) atoms. The highest BCUT2D eigenvalue weighted by molar-refractivity contribution is 6.32. The lowest BCUT2D eigenvalue weighted by Crippen LogP contribution is -2.30. The molecule has 0 atom stereocenters. The zero-order valence-corrected chi connectivity index (χ0v) is 17.8. The number of ether oxygens (including phenoxy) is 2. The first kappa shape index (κ1) is 21.8. The van der Waals surface area contributed by atoms with Crippen LogP contribution in [0.4, 0.5) is 16.2 Å². The fourth-order valence-electron chi connectivity index (χ4n) is 2.73. The molecule has 1 aliphatic rings. The number of hydrogen-bond donors (Lipinski definition) is 3. The van der Waals surface area contributed by atoms with Gasteiger partial charge in [0.2, 0.25) is 0 Å². The van der Waals surface area contributed by atoms with Gasteiger partial charge in [0, 0.05) is 23.0 Å². The van der Waals surface area contributed by atoms with E-state index in [1.54, 1.807) is 36.4 Å². The summed E-state index contributed by atoms with van der Waals surface area (Å²) in [5.41, 5.74) is 1.59. The van der Waals surface area contributed by atoms with Gasteiger partial charge in [-0.3, -0.25) is 4.79 Å². The zero-order chi connectivity index (χ0) is 21.5. The summed E-state index contributed by atoms with van der Waals surface area (Å²) in [5, 5.41) is 8.76. The van der Waals surface area contributed by atoms with Crippen molar-refractivity contribution in [1.29, 1.82) is 0 Å². The Kier molecular flexibility index (Phi) is 7.41. The van der Waals surface area contributed by atoms with Crippen LogP contribution in [-0.2, 0) is 0 Å².